The number of phenolic OH excluding ortho intramolecular Hbond substituents is 1. The lowest BCUT2D eigenvalue weighted by Crippen LogP contribution is -2.18. The number of carbonyl (C=O) groups excluding carboxylic acids is 1. The van der Waals surface area contributed by atoms with Gasteiger partial charge < -0.3 is 5.11 Å². The number of phenols is 1. The molecule has 0 saturated carbocycles. The number of aryl methyl sites for hydroxylation is 1. The summed E-state index contributed by atoms with van der Waals surface area (Å²) in [6.07, 6.45) is 0. The number of benzene rings is 1. The van der Waals surface area contributed by atoms with Gasteiger partial charge >= 0.3 is 0 Å². The molecule has 2 N–H and O–H groups in total. The summed E-state index contributed by atoms with van der Waals surface area (Å²) in [5.41, 5.74) is 4.12. The van der Waals surface area contributed by atoms with E-state index in [2.05, 4.69) is 42.4 Å². The number of thiophene rings is 1. The van der Waals surface area contributed by atoms with Gasteiger partial charge in [0.25, 0.3) is 5.91 Å². The Balaban J connectivity index is 2.20. The SMILES string of the molecule is CC(=NNC(=O)c1csc(C)c1)c1cc(Br)cc(Br)c1O. The monoisotopic (exact) mass is 430 g/mol. The van der Waals surface area contributed by atoms with Gasteiger partial charge in [-0.2, -0.15) is 5.10 Å². The molecule has 0 aliphatic rings. The van der Waals surface area contributed by atoms with Crippen LogP contribution in [0.15, 0.2) is 37.6 Å². The van der Waals surface area contributed by atoms with E-state index in [0.717, 1.165) is 9.35 Å². The molecule has 2 rings (SSSR count). The standard InChI is InChI=1S/C14H12Br2N2O2S/c1-7-3-9(6-21-7)14(20)18-17-8(2)11-4-10(15)5-12(16)13(11)19/h3-6,19H,1-2H3,(H,18,20). The number of hydrazone groups is 1. The molecule has 0 radical (unpaired) electrons. The molecule has 7 heteroatoms. The van der Waals surface area contributed by atoms with Crippen LogP contribution in [0.25, 0.3) is 0 Å². The van der Waals surface area contributed by atoms with Gasteiger partial charge in [0.15, 0.2) is 0 Å². The number of aromatic hydroxyl groups is 1. The van der Waals surface area contributed by atoms with Crippen LogP contribution in [0, 0.1) is 6.92 Å². The van der Waals surface area contributed by atoms with E-state index < -0.39 is 0 Å². The number of hydrogen-bond donors (Lipinski definition) is 2. The van der Waals surface area contributed by atoms with Crippen LogP contribution in [0.2, 0.25) is 0 Å². The first-order chi connectivity index (χ1) is 9.88. The lowest BCUT2D eigenvalue weighted by molar-refractivity contribution is 0.0955. The normalized spacial score (nSPS) is 11.5. The molecular weight excluding hydrogens is 420 g/mol. The zero-order chi connectivity index (χ0) is 15.6. The summed E-state index contributed by atoms with van der Waals surface area (Å²) in [6, 6.07) is 5.27. The van der Waals surface area contributed by atoms with E-state index >= 15 is 0 Å². The maximum Gasteiger partial charge on any atom is 0.272 e. The van der Waals surface area contributed by atoms with Crippen LogP contribution in [0.1, 0.15) is 27.7 Å². The van der Waals surface area contributed by atoms with Gasteiger partial charge in [0.1, 0.15) is 5.75 Å². The molecule has 0 fully saturated rings. The van der Waals surface area contributed by atoms with E-state index in [1.165, 1.54) is 11.3 Å². The molecule has 1 aromatic carbocycles. The highest BCUT2D eigenvalue weighted by molar-refractivity contribution is 9.11. The van der Waals surface area contributed by atoms with E-state index in [1.54, 1.807) is 30.5 Å². The van der Waals surface area contributed by atoms with Crippen LogP contribution in [0.4, 0.5) is 0 Å². The summed E-state index contributed by atoms with van der Waals surface area (Å²) in [7, 11) is 0. The maximum atomic E-state index is 11.9. The van der Waals surface area contributed by atoms with Crippen molar-refractivity contribution >= 4 is 54.8 Å². The molecule has 0 aliphatic heterocycles. The first kappa shape index (κ1) is 16.2. The van der Waals surface area contributed by atoms with Crippen LogP contribution in [-0.2, 0) is 0 Å². The van der Waals surface area contributed by atoms with Crippen molar-refractivity contribution in [1.82, 2.24) is 5.43 Å². The Morgan fingerprint density at radius 1 is 1.33 bits per heavy atom. The number of hydrogen-bond acceptors (Lipinski definition) is 4. The highest BCUT2D eigenvalue weighted by Gasteiger charge is 2.11. The number of carbonyl (C=O) groups is 1. The van der Waals surface area contributed by atoms with E-state index in [9.17, 15) is 9.90 Å². The van der Waals surface area contributed by atoms with Crippen molar-refractivity contribution in [3.05, 3.63) is 48.5 Å². The number of halogens is 2. The summed E-state index contributed by atoms with van der Waals surface area (Å²) in [6.45, 7) is 3.65. The van der Waals surface area contributed by atoms with Crippen LogP contribution < -0.4 is 5.43 Å². The second kappa shape index (κ2) is 6.72. The van der Waals surface area contributed by atoms with Crippen molar-refractivity contribution in [2.75, 3.05) is 0 Å². The Labute approximate surface area is 143 Å². The first-order valence-corrected chi connectivity index (χ1v) is 8.43. The third-order valence-corrected chi connectivity index (χ3v) is 4.66. The molecule has 0 atom stereocenters. The summed E-state index contributed by atoms with van der Waals surface area (Å²) >= 11 is 8.12. The minimum atomic E-state index is -0.271. The molecule has 0 bridgehead atoms. The second-order valence-corrected chi connectivity index (χ2v) is 7.25. The van der Waals surface area contributed by atoms with Crippen molar-refractivity contribution in [2.45, 2.75) is 13.8 Å². The highest BCUT2D eigenvalue weighted by Crippen LogP contribution is 2.32. The molecule has 1 heterocycles. The average Bonchev–Trinajstić information content (AvgIpc) is 2.86. The van der Waals surface area contributed by atoms with Gasteiger partial charge in [-0.05, 0) is 48.0 Å². The largest absolute Gasteiger partial charge is 0.506 e. The van der Waals surface area contributed by atoms with Crippen LogP contribution >= 0.6 is 43.2 Å². The summed E-state index contributed by atoms with van der Waals surface area (Å²) in [5, 5.41) is 15.8. The molecule has 0 aliphatic carbocycles. The van der Waals surface area contributed by atoms with E-state index in [-0.39, 0.29) is 11.7 Å². The molecule has 0 saturated heterocycles. The van der Waals surface area contributed by atoms with Gasteiger partial charge in [0.05, 0.1) is 15.7 Å². The smallest absolute Gasteiger partial charge is 0.272 e. The van der Waals surface area contributed by atoms with Gasteiger partial charge in [-0.15, -0.1) is 11.3 Å². The number of rotatable bonds is 3. The molecule has 21 heavy (non-hydrogen) atoms. The maximum absolute atomic E-state index is 11.9. The van der Waals surface area contributed by atoms with Crippen molar-refractivity contribution in [1.29, 1.82) is 0 Å². The van der Waals surface area contributed by atoms with Crippen LogP contribution in [0.3, 0.4) is 0 Å². The first-order valence-electron chi connectivity index (χ1n) is 5.96. The summed E-state index contributed by atoms with van der Waals surface area (Å²) in [4.78, 5) is 13.0. The van der Waals surface area contributed by atoms with Gasteiger partial charge in [0, 0.05) is 20.3 Å². The molecule has 0 unspecified atom stereocenters. The summed E-state index contributed by atoms with van der Waals surface area (Å²) < 4.78 is 1.36. The van der Waals surface area contributed by atoms with Crippen molar-refractivity contribution < 1.29 is 9.90 Å². The molecular formula is C14H12Br2N2O2S. The van der Waals surface area contributed by atoms with Crippen molar-refractivity contribution in [3.8, 4) is 5.75 Å². The van der Waals surface area contributed by atoms with Gasteiger partial charge in [-0.25, -0.2) is 5.43 Å². The minimum Gasteiger partial charge on any atom is -0.506 e. The number of nitrogens with one attached hydrogen (secondary N) is 1. The van der Waals surface area contributed by atoms with Crippen molar-refractivity contribution in [3.63, 3.8) is 0 Å². The molecule has 1 aromatic heterocycles. The topological polar surface area (TPSA) is 61.7 Å². The Kier molecular flexibility index (Phi) is 5.18. The zero-order valence-corrected chi connectivity index (χ0v) is 15.3. The highest BCUT2D eigenvalue weighted by atomic mass is 79.9. The third-order valence-electron chi connectivity index (χ3n) is 2.74. The Hall–Kier alpha value is -1.18. The summed E-state index contributed by atoms with van der Waals surface area (Å²) in [5.74, 6) is -0.188. The van der Waals surface area contributed by atoms with Crippen LogP contribution in [0.5, 0.6) is 5.75 Å². The molecule has 0 spiro atoms. The Morgan fingerprint density at radius 3 is 2.67 bits per heavy atom. The molecule has 1 amide bonds. The fourth-order valence-electron chi connectivity index (χ4n) is 1.66. The second-order valence-electron chi connectivity index (χ2n) is 4.37. The molecule has 110 valence electrons. The average molecular weight is 432 g/mol. The Bertz CT molecular complexity index is 726. The van der Waals surface area contributed by atoms with Gasteiger partial charge in [-0.3, -0.25) is 4.79 Å². The van der Waals surface area contributed by atoms with Gasteiger partial charge in [0.2, 0.25) is 0 Å². The van der Waals surface area contributed by atoms with Gasteiger partial charge in [-0.1, -0.05) is 15.9 Å². The van der Waals surface area contributed by atoms with E-state index in [4.69, 9.17) is 0 Å². The number of nitrogens with zero attached hydrogens (tertiary/aromatic N) is 1. The molecule has 2 aromatic rings. The fourth-order valence-corrected chi connectivity index (χ4v) is 3.57. The quantitative estimate of drug-likeness (QED) is 0.557. The minimum absolute atomic E-state index is 0.0834. The zero-order valence-electron chi connectivity index (χ0n) is 11.3. The van der Waals surface area contributed by atoms with Crippen molar-refractivity contribution in [2.24, 2.45) is 5.10 Å². The van der Waals surface area contributed by atoms with E-state index in [1.807, 2.05) is 6.92 Å². The third kappa shape index (κ3) is 3.93. The number of amides is 1. The van der Waals surface area contributed by atoms with E-state index in [0.29, 0.717) is 21.3 Å². The van der Waals surface area contributed by atoms with Crippen LogP contribution in [-0.4, -0.2) is 16.7 Å². The predicted molar refractivity (Wildman–Crippen MR) is 92.2 cm³/mol. The Morgan fingerprint density at radius 2 is 2.05 bits per heavy atom. The lowest BCUT2D eigenvalue weighted by Gasteiger charge is -2.07. The molecule has 4 nitrogen and oxygen atoms in total. The fraction of sp³-hybridized carbons (Fsp3) is 0.143. The lowest BCUT2D eigenvalue weighted by atomic mass is 10.1. The predicted octanol–water partition coefficient (Wildman–Crippen LogP) is 4.44.